The first-order valence-corrected chi connectivity index (χ1v) is 11.2. The topological polar surface area (TPSA) is 173 Å². The molecular weight excluding hydrogens is 464 g/mol. The van der Waals surface area contributed by atoms with E-state index in [0.717, 1.165) is 4.90 Å². The van der Waals surface area contributed by atoms with Crippen LogP contribution in [0.1, 0.15) is 33.6 Å². The summed E-state index contributed by atoms with van der Waals surface area (Å²) < 4.78 is 16.0. The van der Waals surface area contributed by atoms with Crippen LogP contribution in [-0.2, 0) is 23.8 Å². The number of carboxylic acid groups (broad SMARTS) is 1. The average molecular weight is 492 g/mol. The summed E-state index contributed by atoms with van der Waals surface area (Å²) in [5.41, 5.74) is 0.870. The maximum absolute atomic E-state index is 13.0. The van der Waals surface area contributed by atoms with Crippen LogP contribution in [0.4, 0.5) is 10.5 Å². The molecule has 1 unspecified atom stereocenters. The van der Waals surface area contributed by atoms with Crippen LogP contribution in [0.25, 0.3) is 0 Å². The van der Waals surface area contributed by atoms with Crippen LogP contribution in [0.2, 0.25) is 0 Å². The zero-order valence-corrected chi connectivity index (χ0v) is 19.0. The van der Waals surface area contributed by atoms with Gasteiger partial charge in [0.25, 0.3) is 11.8 Å². The van der Waals surface area contributed by atoms with Crippen LogP contribution in [0.5, 0.6) is 0 Å². The van der Waals surface area contributed by atoms with Gasteiger partial charge in [-0.05, 0) is 18.6 Å². The fraction of sp³-hybridized carbons (Fsp3) is 0.500. The molecule has 190 valence electrons. The van der Waals surface area contributed by atoms with Gasteiger partial charge < -0.3 is 30.0 Å². The molecule has 3 rings (SSSR count). The highest BCUT2D eigenvalue weighted by atomic mass is 16.5. The summed E-state index contributed by atoms with van der Waals surface area (Å²) in [6.45, 7) is 2.56. The van der Waals surface area contributed by atoms with Crippen molar-refractivity contribution >= 4 is 35.4 Å². The Morgan fingerprint density at radius 3 is 2.29 bits per heavy atom. The number of carbonyl (C=O) groups is 5. The number of benzene rings is 1. The van der Waals surface area contributed by atoms with Gasteiger partial charge in [0.2, 0.25) is 11.8 Å². The summed E-state index contributed by atoms with van der Waals surface area (Å²) in [7, 11) is 0. The number of piperidine rings is 1. The van der Waals surface area contributed by atoms with Gasteiger partial charge in [0.1, 0.15) is 6.04 Å². The van der Waals surface area contributed by atoms with Crippen molar-refractivity contribution in [2.24, 2.45) is 0 Å². The molecule has 1 aromatic rings. The zero-order chi connectivity index (χ0) is 25.2. The number of nitrogens with one attached hydrogen (secondary N) is 3. The number of hydrogen-bond acceptors (Lipinski definition) is 9. The second-order valence-corrected chi connectivity index (χ2v) is 7.67. The predicted molar refractivity (Wildman–Crippen MR) is 120 cm³/mol. The number of fused-ring (bicyclic) bond motifs is 1. The molecule has 1 atom stereocenters. The standard InChI is InChI=1S/C22H28N4O9/c27-17-5-4-16(19(28)25-17)26-20(29)14-2-1-3-15(18(14)21(26)30)23-6-8-33-10-12-35-13-11-34-9-7-24-22(31)32/h1-3,16,23-24H,4-13H2,(H,31,32)(H,25,27,28). The van der Waals surface area contributed by atoms with Crippen molar-refractivity contribution in [3.8, 4) is 0 Å². The summed E-state index contributed by atoms with van der Waals surface area (Å²) in [5, 5.41) is 15.9. The third kappa shape index (κ3) is 6.97. The molecule has 0 saturated carbocycles. The molecule has 5 amide bonds. The van der Waals surface area contributed by atoms with Crippen molar-refractivity contribution in [1.82, 2.24) is 15.5 Å². The molecule has 13 heteroatoms. The summed E-state index contributed by atoms with van der Waals surface area (Å²) in [6, 6.07) is 3.84. The normalized spacial score (nSPS) is 17.4. The van der Waals surface area contributed by atoms with E-state index < -0.39 is 35.8 Å². The van der Waals surface area contributed by atoms with Crippen LogP contribution in [-0.4, -0.2) is 98.5 Å². The first kappa shape index (κ1) is 26.1. The largest absolute Gasteiger partial charge is 0.465 e. The van der Waals surface area contributed by atoms with Crippen molar-refractivity contribution < 1.29 is 43.3 Å². The van der Waals surface area contributed by atoms with Gasteiger partial charge in [0, 0.05) is 25.2 Å². The van der Waals surface area contributed by atoms with Gasteiger partial charge in [0.15, 0.2) is 0 Å². The van der Waals surface area contributed by atoms with E-state index in [0.29, 0.717) is 45.3 Å². The SMILES string of the molecule is O=C(O)NCCOCCOCCOCCNc1cccc2c1C(=O)N(C1CCC(=O)NC1=O)C2=O. The molecule has 1 saturated heterocycles. The van der Waals surface area contributed by atoms with E-state index in [1.165, 1.54) is 6.07 Å². The molecule has 0 bridgehead atoms. The lowest BCUT2D eigenvalue weighted by Crippen LogP contribution is -2.54. The first-order chi connectivity index (χ1) is 16.9. The number of carbonyl (C=O) groups excluding carboxylic acids is 4. The molecule has 2 aliphatic rings. The molecular formula is C22H28N4O9. The van der Waals surface area contributed by atoms with E-state index in [2.05, 4.69) is 16.0 Å². The quantitative estimate of drug-likeness (QED) is 0.201. The monoisotopic (exact) mass is 492 g/mol. The Labute approximate surface area is 201 Å². The Kier molecular flexibility index (Phi) is 9.52. The first-order valence-electron chi connectivity index (χ1n) is 11.2. The van der Waals surface area contributed by atoms with E-state index in [1.807, 2.05) is 0 Å². The molecule has 4 N–H and O–H groups in total. The van der Waals surface area contributed by atoms with Gasteiger partial charge in [-0.25, -0.2) is 4.79 Å². The Morgan fingerprint density at radius 1 is 0.971 bits per heavy atom. The highest BCUT2D eigenvalue weighted by Gasteiger charge is 2.45. The number of rotatable bonds is 14. The van der Waals surface area contributed by atoms with Crippen LogP contribution >= 0.6 is 0 Å². The van der Waals surface area contributed by atoms with Crippen molar-refractivity contribution in [3.05, 3.63) is 29.3 Å². The number of nitrogens with zero attached hydrogens (tertiary/aromatic N) is 1. The van der Waals surface area contributed by atoms with Crippen molar-refractivity contribution in [3.63, 3.8) is 0 Å². The molecule has 0 spiro atoms. The second-order valence-electron chi connectivity index (χ2n) is 7.67. The highest BCUT2D eigenvalue weighted by molar-refractivity contribution is 6.25. The lowest BCUT2D eigenvalue weighted by atomic mass is 10.0. The third-order valence-corrected chi connectivity index (χ3v) is 5.30. The Hall–Kier alpha value is -3.55. The van der Waals surface area contributed by atoms with Crippen LogP contribution < -0.4 is 16.0 Å². The van der Waals surface area contributed by atoms with Gasteiger partial charge in [-0.2, -0.15) is 0 Å². The van der Waals surface area contributed by atoms with E-state index in [4.69, 9.17) is 19.3 Å². The van der Waals surface area contributed by atoms with E-state index in [9.17, 15) is 24.0 Å². The average Bonchev–Trinajstić information content (AvgIpc) is 3.07. The number of hydrogen-bond donors (Lipinski definition) is 4. The van der Waals surface area contributed by atoms with Gasteiger partial charge in [-0.15, -0.1) is 0 Å². The van der Waals surface area contributed by atoms with Crippen molar-refractivity contribution in [1.29, 1.82) is 0 Å². The van der Waals surface area contributed by atoms with Crippen molar-refractivity contribution in [2.45, 2.75) is 18.9 Å². The van der Waals surface area contributed by atoms with Gasteiger partial charge in [-0.3, -0.25) is 29.4 Å². The molecule has 0 aromatic heterocycles. The Bertz CT molecular complexity index is 968. The molecule has 2 heterocycles. The van der Waals surface area contributed by atoms with Gasteiger partial charge in [-0.1, -0.05) is 6.07 Å². The van der Waals surface area contributed by atoms with E-state index >= 15 is 0 Å². The van der Waals surface area contributed by atoms with E-state index in [-0.39, 0.29) is 37.1 Å². The van der Waals surface area contributed by atoms with Crippen LogP contribution in [0.15, 0.2) is 18.2 Å². The zero-order valence-electron chi connectivity index (χ0n) is 19.0. The maximum Gasteiger partial charge on any atom is 0.404 e. The van der Waals surface area contributed by atoms with Crippen LogP contribution in [0.3, 0.4) is 0 Å². The number of imide groups is 2. The Balaban J connectivity index is 1.36. The summed E-state index contributed by atoms with van der Waals surface area (Å²) in [4.78, 5) is 60.6. The Morgan fingerprint density at radius 2 is 1.63 bits per heavy atom. The minimum Gasteiger partial charge on any atom is -0.465 e. The minimum atomic E-state index is -1.09. The molecule has 0 aliphatic carbocycles. The molecule has 0 radical (unpaired) electrons. The molecule has 35 heavy (non-hydrogen) atoms. The summed E-state index contributed by atoms with van der Waals surface area (Å²) in [5.74, 6) is -2.20. The second kappa shape index (κ2) is 12.8. The van der Waals surface area contributed by atoms with Gasteiger partial charge in [0.05, 0.1) is 50.8 Å². The molecule has 2 aliphatic heterocycles. The molecule has 13 nitrogen and oxygen atoms in total. The fourth-order valence-corrected chi connectivity index (χ4v) is 3.69. The number of amides is 5. The molecule has 1 aromatic carbocycles. The third-order valence-electron chi connectivity index (χ3n) is 5.30. The minimum absolute atomic E-state index is 0.0628. The highest BCUT2D eigenvalue weighted by Crippen LogP contribution is 2.32. The molecule has 1 fully saturated rings. The predicted octanol–water partition coefficient (Wildman–Crippen LogP) is -0.183. The number of ether oxygens (including phenoxy) is 3. The number of anilines is 1. The van der Waals surface area contributed by atoms with E-state index in [1.54, 1.807) is 12.1 Å². The van der Waals surface area contributed by atoms with Crippen molar-refractivity contribution in [2.75, 3.05) is 58.0 Å². The fourth-order valence-electron chi connectivity index (χ4n) is 3.69. The smallest absolute Gasteiger partial charge is 0.404 e. The lowest BCUT2D eigenvalue weighted by Gasteiger charge is -2.27. The van der Waals surface area contributed by atoms with Crippen LogP contribution in [0, 0.1) is 0 Å². The maximum atomic E-state index is 13.0. The summed E-state index contributed by atoms with van der Waals surface area (Å²) >= 11 is 0. The lowest BCUT2D eigenvalue weighted by molar-refractivity contribution is -0.136. The summed E-state index contributed by atoms with van der Waals surface area (Å²) in [6.07, 6.45) is -0.932. The van der Waals surface area contributed by atoms with Gasteiger partial charge >= 0.3 is 6.09 Å².